The van der Waals surface area contributed by atoms with Crippen LogP contribution in [0.5, 0.6) is 0 Å². The monoisotopic (exact) mass is 391 g/mol. The molecule has 9 heteroatoms. The summed E-state index contributed by atoms with van der Waals surface area (Å²) in [5.74, 6) is 0.978. The molecule has 0 fully saturated rings. The van der Waals surface area contributed by atoms with E-state index in [-0.39, 0.29) is 6.61 Å². The number of aryl methyl sites for hydroxylation is 3. The molecule has 0 saturated heterocycles. The van der Waals surface area contributed by atoms with E-state index >= 15 is 0 Å². The van der Waals surface area contributed by atoms with Crippen molar-refractivity contribution >= 4 is 22.9 Å². The zero-order chi connectivity index (χ0) is 20.5. The van der Waals surface area contributed by atoms with Gasteiger partial charge in [0.05, 0.1) is 29.6 Å². The summed E-state index contributed by atoms with van der Waals surface area (Å²) < 4.78 is 8.32. The van der Waals surface area contributed by atoms with E-state index < -0.39 is 6.09 Å². The molecule has 3 aromatic heterocycles. The number of hydrogen-bond acceptors (Lipinski definition) is 6. The van der Waals surface area contributed by atoms with Gasteiger partial charge in [-0.2, -0.15) is 14.9 Å². The van der Waals surface area contributed by atoms with Crippen LogP contribution in [-0.4, -0.2) is 42.2 Å². The number of hydrogen-bond donors (Lipinski definition) is 1. The lowest BCUT2D eigenvalue weighted by Gasteiger charge is -2.10. The van der Waals surface area contributed by atoms with Crippen molar-refractivity contribution in [3.8, 4) is 11.5 Å². The van der Waals surface area contributed by atoms with E-state index in [2.05, 4.69) is 38.5 Å². The molecular weight excluding hydrogens is 370 g/mol. The van der Waals surface area contributed by atoms with Gasteiger partial charge in [0.15, 0.2) is 11.5 Å². The number of aromatic nitrogens is 6. The van der Waals surface area contributed by atoms with Crippen LogP contribution in [0, 0.1) is 20.8 Å². The largest absolute Gasteiger partial charge is 0.450 e. The highest BCUT2D eigenvalue weighted by atomic mass is 16.5. The van der Waals surface area contributed by atoms with Crippen molar-refractivity contribution in [2.75, 3.05) is 11.9 Å². The number of nitrogens with zero attached hydrogens (tertiary/aromatic N) is 6. The Balaban J connectivity index is 1.83. The van der Waals surface area contributed by atoms with Crippen molar-refractivity contribution in [3.63, 3.8) is 0 Å². The molecule has 1 amide bonds. The molecule has 9 nitrogen and oxygen atoms in total. The molecule has 0 radical (unpaired) electrons. The van der Waals surface area contributed by atoms with Crippen molar-refractivity contribution in [2.24, 2.45) is 0 Å². The molecule has 148 valence electrons. The Morgan fingerprint density at radius 3 is 2.72 bits per heavy atom. The fraction of sp³-hybridized carbons (Fsp3) is 0.250. The Kier molecular flexibility index (Phi) is 4.71. The first-order valence-corrected chi connectivity index (χ1v) is 9.25. The predicted molar refractivity (Wildman–Crippen MR) is 109 cm³/mol. The molecule has 4 rings (SSSR count). The van der Waals surface area contributed by atoms with Gasteiger partial charge in [-0.1, -0.05) is 17.7 Å². The first-order valence-electron chi connectivity index (χ1n) is 9.25. The summed E-state index contributed by atoms with van der Waals surface area (Å²) >= 11 is 0. The number of anilines is 1. The van der Waals surface area contributed by atoms with Gasteiger partial charge in [0.2, 0.25) is 0 Å². The summed E-state index contributed by atoms with van der Waals surface area (Å²) in [4.78, 5) is 20.7. The van der Waals surface area contributed by atoms with Gasteiger partial charge in [-0.3, -0.25) is 5.32 Å². The molecule has 3 heterocycles. The number of carbonyl (C=O) groups excluding carboxylic acids is 1. The Labute approximate surface area is 167 Å². The molecule has 0 unspecified atom stereocenters. The third-order valence-corrected chi connectivity index (χ3v) is 4.46. The van der Waals surface area contributed by atoms with Gasteiger partial charge in [0.25, 0.3) is 0 Å². The van der Waals surface area contributed by atoms with Crippen molar-refractivity contribution in [2.45, 2.75) is 27.7 Å². The molecule has 0 aliphatic carbocycles. The minimum atomic E-state index is -0.551. The third-order valence-electron chi connectivity index (χ3n) is 4.46. The highest BCUT2D eigenvalue weighted by Gasteiger charge is 2.18. The van der Waals surface area contributed by atoms with Gasteiger partial charge in [0, 0.05) is 6.07 Å². The highest BCUT2D eigenvalue weighted by molar-refractivity contribution is 5.87. The lowest BCUT2D eigenvalue weighted by atomic mass is 10.1. The highest BCUT2D eigenvalue weighted by Crippen LogP contribution is 2.25. The number of rotatable bonds is 4. The van der Waals surface area contributed by atoms with Crippen LogP contribution in [0.4, 0.5) is 10.6 Å². The number of ether oxygens (including phenoxy) is 1. The van der Waals surface area contributed by atoms with E-state index in [9.17, 15) is 4.79 Å². The first-order chi connectivity index (χ1) is 14.0. The van der Waals surface area contributed by atoms with Crippen LogP contribution >= 0.6 is 0 Å². The fourth-order valence-corrected chi connectivity index (χ4v) is 3.24. The van der Waals surface area contributed by atoms with Gasteiger partial charge in [-0.05, 0) is 39.3 Å². The van der Waals surface area contributed by atoms with Crippen LogP contribution in [0.3, 0.4) is 0 Å². The van der Waals surface area contributed by atoms with E-state index in [1.54, 1.807) is 28.6 Å². The summed E-state index contributed by atoms with van der Waals surface area (Å²) in [5, 5.41) is 12.4. The molecule has 0 aliphatic rings. The standard InChI is InChI=1S/C20H21N7O2/c1-5-29-20(28)24-17-9-14(4)25-27(17)19-15-10-23-26(18(15)21-11-22-19)16-7-6-12(2)8-13(16)3/h6-11H,5H2,1-4H3,(H,24,28). The smallest absolute Gasteiger partial charge is 0.412 e. The molecule has 1 aromatic carbocycles. The molecule has 1 N–H and O–H groups in total. The van der Waals surface area contributed by atoms with Crippen molar-refractivity contribution in [3.05, 3.63) is 53.6 Å². The van der Waals surface area contributed by atoms with E-state index in [4.69, 9.17) is 4.74 Å². The minimum Gasteiger partial charge on any atom is -0.450 e. The maximum Gasteiger partial charge on any atom is 0.412 e. The van der Waals surface area contributed by atoms with Crippen LogP contribution < -0.4 is 5.32 Å². The lowest BCUT2D eigenvalue weighted by Crippen LogP contribution is -2.16. The van der Waals surface area contributed by atoms with E-state index in [0.717, 1.165) is 16.9 Å². The quantitative estimate of drug-likeness (QED) is 0.572. The Morgan fingerprint density at radius 2 is 1.97 bits per heavy atom. The fourth-order valence-electron chi connectivity index (χ4n) is 3.24. The minimum absolute atomic E-state index is 0.277. The molecule has 0 aliphatic heterocycles. The summed E-state index contributed by atoms with van der Waals surface area (Å²) in [6.45, 7) is 7.95. The molecule has 0 saturated carbocycles. The van der Waals surface area contributed by atoms with Crippen molar-refractivity contribution in [1.29, 1.82) is 0 Å². The summed E-state index contributed by atoms with van der Waals surface area (Å²) in [6, 6.07) is 7.91. The van der Waals surface area contributed by atoms with Crippen LogP contribution in [0.25, 0.3) is 22.5 Å². The average molecular weight is 391 g/mol. The third kappa shape index (κ3) is 3.42. The number of fused-ring (bicyclic) bond motifs is 1. The Morgan fingerprint density at radius 1 is 1.14 bits per heavy atom. The lowest BCUT2D eigenvalue weighted by molar-refractivity contribution is 0.167. The topological polar surface area (TPSA) is 99.8 Å². The second kappa shape index (κ2) is 7.34. The van der Waals surface area contributed by atoms with Crippen molar-refractivity contribution < 1.29 is 9.53 Å². The van der Waals surface area contributed by atoms with Gasteiger partial charge in [0.1, 0.15) is 12.1 Å². The second-order valence-electron chi connectivity index (χ2n) is 6.71. The molecule has 0 atom stereocenters. The average Bonchev–Trinajstić information content (AvgIpc) is 3.25. The van der Waals surface area contributed by atoms with Gasteiger partial charge >= 0.3 is 6.09 Å². The zero-order valence-electron chi connectivity index (χ0n) is 16.7. The van der Waals surface area contributed by atoms with Crippen LogP contribution in [0.2, 0.25) is 0 Å². The molecule has 4 aromatic rings. The molecular formula is C20H21N7O2. The SMILES string of the molecule is CCOC(=O)Nc1cc(C)nn1-c1ncnc2c1cnn2-c1ccc(C)cc1C. The molecule has 0 bridgehead atoms. The number of benzene rings is 1. The van der Waals surface area contributed by atoms with E-state index in [1.807, 2.05) is 26.0 Å². The Bertz CT molecular complexity index is 1210. The van der Waals surface area contributed by atoms with Gasteiger partial charge in [-0.25, -0.2) is 19.4 Å². The number of carbonyl (C=O) groups is 1. The van der Waals surface area contributed by atoms with E-state index in [0.29, 0.717) is 22.7 Å². The zero-order valence-corrected chi connectivity index (χ0v) is 16.7. The maximum absolute atomic E-state index is 11.9. The summed E-state index contributed by atoms with van der Waals surface area (Å²) in [6.07, 6.45) is 2.62. The first kappa shape index (κ1) is 18.6. The Hall–Kier alpha value is -3.75. The maximum atomic E-state index is 11.9. The van der Waals surface area contributed by atoms with E-state index in [1.165, 1.54) is 11.9 Å². The second-order valence-corrected chi connectivity index (χ2v) is 6.71. The predicted octanol–water partition coefficient (Wildman–Crippen LogP) is 3.49. The number of nitrogens with one attached hydrogen (secondary N) is 1. The van der Waals surface area contributed by atoms with Gasteiger partial charge < -0.3 is 4.74 Å². The normalized spacial score (nSPS) is 11.0. The molecule has 29 heavy (non-hydrogen) atoms. The van der Waals surface area contributed by atoms with Crippen LogP contribution in [0.15, 0.2) is 36.8 Å². The summed E-state index contributed by atoms with van der Waals surface area (Å²) in [5.41, 5.74) is 4.59. The van der Waals surface area contributed by atoms with Crippen LogP contribution in [-0.2, 0) is 4.74 Å². The van der Waals surface area contributed by atoms with Crippen molar-refractivity contribution in [1.82, 2.24) is 29.5 Å². The number of amides is 1. The van der Waals surface area contributed by atoms with Gasteiger partial charge in [-0.15, -0.1) is 0 Å². The van der Waals surface area contributed by atoms with Crippen LogP contribution in [0.1, 0.15) is 23.7 Å². The molecule has 0 spiro atoms. The summed E-state index contributed by atoms with van der Waals surface area (Å²) in [7, 11) is 0.